The van der Waals surface area contributed by atoms with Crippen molar-refractivity contribution in [1.29, 1.82) is 0 Å². The molecule has 13 heavy (non-hydrogen) atoms. The zero-order valence-corrected chi connectivity index (χ0v) is 8.98. The second kappa shape index (κ2) is 4.42. The molecule has 0 aliphatic carbocycles. The predicted octanol–water partition coefficient (Wildman–Crippen LogP) is 3.05. The van der Waals surface area contributed by atoms with Crippen molar-refractivity contribution in [2.75, 3.05) is 7.11 Å². The Labute approximate surface area is 82.5 Å². The van der Waals surface area contributed by atoms with E-state index in [1.807, 2.05) is 10.8 Å². The van der Waals surface area contributed by atoms with E-state index in [1.165, 1.54) is 7.11 Å². The quantitative estimate of drug-likeness (QED) is 0.698. The summed E-state index contributed by atoms with van der Waals surface area (Å²) in [6, 6.07) is 0. The van der Waals surface area contributed by atoms with Crippen LogP contribution in [0.15, 0.2) is 10.8 Å². The maximum atomic E-state index is 11.3. The molecule has 0 fully saturated rings. The van der Waals surface area contributed by atoms with Gasteiger partial charge in [0, 0.05) is 5.38 Å². The average molecular weight is 198 g/mol. The number of ether oxygens (including phenoxy) is 1. The molecule has 3 heteroatoms. The summed E-state index contributed by atoms with van der Waals surface area (Å²) in [4.78, 5) is 11.3. The van der Waals surface area contributed by atoms with E-state index < -0.39 is 0 Å². The molecule has 72 valence electrons. The van der Waals surface area contributed by atoms with Gasteiger partial charge in [0.2, 0.25) is 0 Å². The van der Waals surface area contributed by atoms with Crippen molar-refractivity contribution in [3.63, 3.8) is 0 Å². The first-order valence-corrected chi connectivity index (χ1v) is 5.29. The van der Waals surface area contributed by atoms with E-state index in [9.17, 15) is 4.79 Å². The molecule has 0 amide bonds. The van der Waals surface area contributed by atoms with Crippen molar-refractivity contribution < 1.29 is 9.53 Å². The van der Waals surface area contributed by atoms with E-state index in [4.69, 9.17) is 4.74 Å². The highest BCUT2D eigenvalue weighted by Crippen LogP contribution is 2.26. The zero-order valence-electron chi connectivity index (χ0n) is 8.16. The fraction of sp³-hybridized carbons (Fsp3) is 0.500. The Hall–Kier alpha value is -0.830. The number of thiophene rings is 1. The van der Waals surface area contributed by atoms with Gasteiger partial charge < -0.3 is 4.74 Å². The summed E-state index contributed by atoms with van der Waals surface area (Å²) in [6.45, 7) is 4.23. The number of hydrogen-bond acceptors (Lipinski definition) is 3. The molecule has 0 bridgehead atoms. The van der Waals surface area contributed by atoms with Crippen molar-refractivity contribution in [2.24, 2.45) is 0 Å². The van der Waals surface area contributed by atoms with Crippen LogP contribution in [0.4, 0.5) is 0 Å². The highest BCUT2D eigenvalue weighted by molar-refractivity contribution is 7.08. The van der Waals surface area contributed by atoms with E-state index in [0.717, 1.165) is 17.5 Å². The summed E-state index contributed by atoms with van der Waals surface area (Å²) >= 11 is 1.55. The fourth-order valence-corrected chi connectivity index (χ4v) is 2.13. The summed E-state index contributed by atoms with van der Waals surface area (Å²) in [5.41, 5.74) is 1.83. The minimum absolute atomic E-state index is 0.225. The van der Waals surface area contributed by atoms with Gasteiger partial charge >= 0.3 is 5.97 Å². The molecule has 0 saturated heterocycles. The summed E-state index contributed by atoms with van der Waals surface area (Å²) in [6.07, 6.45) is 1.04. The monoisotopic (exact) mass is 198 g/mol. The van der Waals surface area contributed by atoms with E-state index in [1.54, 1.807) is 11.3 Å². The van der Waals surface area contributed by atoms with Gasteiger partial charge in [-0.05, 0) is 23.3 Å². The first kappa shape index (κ1) is 10.3. The minimum Gasteiger partial charge on any atom is -0.465 e. The minimum atomic E-state index is -0.225. The van der Waals surface area contributed by atoms with Crippen molar-refractivity contribution in [3.8, 4) is 0 Å². The number of carbonyl (C=O) groups is 1. The molecule has 0 saturated carbocycles. The smallest absolute Gasteiger partial charge is 0.338 e. The van der Waals surface area contributed by atoms with Gasteiger partial charge in [0.05, 0.1) is 12.7 Å². The number of methoxy groups -OCH3 is 1. The van der Waals surface area contributed by atoms with E-state index in [-0.39, 0.29) is 5.97 Å². The first-order valence-electron chi connectivity index (χ1n) is 4.35. The SMILES string of the molecule is CCC(C)c1cscc1C(=O)OC. The fourth-order valence-electron chi connectivity index (χ4n) is 1.18. The van der Waals surface area contributed by atoms with Gasteiger partial charge in [-0.3, -0.25) is 0 Å². The van der Waals surface area contributed by atoms with E-state index in [2.05, 4.69) is 13.8 Å². The topological polar surface area (TPSA) is 26.3 Å². The van der Waals surface area contributed by atoms with Crippen molar-refractivity contribution in [1.82, 2.24) is 0 Å². The number of hydrogen-bond donors (Lipinski definition) is 0. The third-order valence-corrected chi connectivity index (χ3v) is 3.00. The highest BCUT2D eigenvalue weighted by Gasteiger charge is 2.16. The van der Waals surface area contributed by atoms with Crippen LogP contribution in [-0.4, -0.2) is 13.1 Å². The predicted molar refractivity (Wildman–Crippen MR) is 54.4 cm³/mol. The van der Waals surface area contributed by atoms with Crippen LogP contribution >= 0.6 is 11.3 Å². The maximum Gasteiger partial charge on any atom is 0.338 e. The van der Waals surface area contributed by atoms with Gasteiger partial charge in [-0.1, -0.05) is 13.8 Å². The second-order valence-corrected chi connectivity index (χ2v) is 3.79. The lowest BCUT2D eigenvalue weighted by molar-refractivity contribution is 0.0599. The molecule has 1 heterocycles. The van der Waals surface area contributed by atoms with E-state index in [0.29, 0.717) is 5.92 Å². The summed E-state index contributed by atoms with van der Waals surface area (Å²) in [7, 11) is 1.42. The normalized spacial score (nSPS) is 12.5. The Morgan fingerprint density at radius 2 is 2.31 bits per heavy atom. The summed E-state index contributed by atoms with van der Waals surface area (Å²) < 4.78 is 4.70. The van der Waals surface area contributed by atoms with Crippen LogP contribution in [0.2, 0.25) is 0 Å². The lowest BCUT2D eigenvalue weighted by Crippen LogP contribution is -2.04. The first-order chi connectivity index (χ1) is 6.20. The van der Waals surface area contributed by atoms with Crippen molar-refractivity contribution in [3.05, 3.63) is 21.9 Å². The average Bonchev–Trinajstić information content (AvgIpc) is 2.63. The van der Waals surface area contributed by atoms with Gasteiger partial charge in [-0.2, -0.15) is 11.3 Å². The Kier molecular flexibility index (Phi) is 3.48. The standard InChI is InChI=1S/C10H14O2S/c1-4-7(2)8-5-13-6-9(8)10(11)12-3/h5-7H,4H2,1-3H3. The summed E-state index contributed by atoms with van der Waals surface area (Å²) in [5.74, 6) is 0.205. The van der Waals surface area contributed by atoms with Crippen LogP contribution in [-0.2, 0) is 4.74 Å². The van der Waals surface area contributed by atoms with Crippen LogP contribution in [0.5, 0.6) is 0 Å². The third-order valence-electron chi connectivity index (χ3n) is 2.24. The van der Waals surface area contributed by atoms with Gasteiger partial charge in [0.25, 0.3) is 0 Å². The van der Waals surface area contributed by atoms with Crippen LogP contribution in [0.25, 0.3) is 0 Å². The van der Waals surface area contributed by atoms with Crippen molar-refractivity contribution in [2.45, 2.75) is 26.2 Å². The molecule has 1 aromatic rings. The number of rotatable bonds is 3. The molecule has 1 unspecified atom stereocenters. The number of esters is 1. The zero-order chi connectivity index (χ0) is 9.84. The maximum absolute atomic E-state index is 11.3. The molecule has 1 aromatic heterocycles. The molecule has 0 aromatic carbocycles. The largest absolute Gasteiger partial charge is 0.465 e. The van der Waals surface area contributed by atoms with Gasteiger partial charge in [-0.15, -0.1) is 0 Å². The highest BCUT2D eigenvalue weighted by atomic mass is 32.1. The number of carbonyl (C=O) groups excluding carboxylic acids is 1. The molecular weight excluding hydrogens is 184 g/mol. The van der Waals surface area contributed by atoms with Gasteiger partial charge in [-0.25, -0.2) is 4.79 Å². The molecule has 0 spiro atoms. The molecule has 0 radical (unpaired) electrons. The molecule has 1 atom stereocenters. The van der Waals surface area contributed by atoms with Crippen LogP contribution in [0.1, 0.15) is 42.1 Å². The van der Waals surface area contributed by atoms with Gasteiger partial charge in [0.1, 0.15) is 0 Å². The molecule has 2 nitrogen and oxygen atoms in total. The Balaban J connectivity index is 2.95. The Bertz CT molecular complexity index is 291. The Morgan fingerprint density at radius 3 is 2.85 bits per heavy atom. The lowest BCUT2D eigenvalue weighted by Gasteiger charge is -2.08. The molecular formula is C10H14O2S. The molecule has 0 aliphatic heterocycles. The van der Waals surface area contributed by atoms with Crippen LogP contribution in [0.3, 0.4) is 0 Å². The van der Waals surface area contributed by atoms with Crippen LogP contribution in [0, 0.1) is 0 Å². The second-order valence-electron chi connectivity index (χ2n) is 3.04. The third kappa shape index (κ3) is 2.10. The molecule has 0 N–H and O–H groups in total. The lowest BCUT2D eigenvalue weighted by atomic mass is 9.98. The van der Waals surface area contributed by atoms with E-state index >= 15 is 0 Å². The molecule has 0 aliphatic rings. The summed E-state index contributed by atoms with van der Waals surface area (Å²) in [5, 5.41) is 3.88. The van der Waals surface area contributed by atoms with Gasteiger partial charge in [0.15, 0.2) is 0 Å². The molecule has 1 rings (SSSR count). The Morgan fingerprint density at radius 1 is 1.62 bits per heavy atom. The van der Waals surface area contributed by atoms with Crippen molar-refractivity contribution >= 4 is 17.3 Å². The van der Waals surface area contributed by atoms with Crippen LogP contribution < -0.4 is 0 Å².